The second-order valence-electron chi connectivity index (χ2n) is 7.00. The highest BCUT2D eigenvalue weighted by molar-refractivity contribution is 5.76. The first-order valence-corrected chi connectivity index (χ1v) is 8.04. The van der Waals surface area contributed by atoms with Crippen molar-refractivity contribution in [3.05, 3.63) is 0 Å². The first kappa shape index (κ1) is 15.8. The van der Waals surface area contributed by atoms with E-state index in [0.29, 0.717) is 6.10 Å². The Morgan fingerprint density at radius 2 is 2.10 bits per heavy atom. The number of hydrogen-bond acceptors (Lipinski definition) is 4. The number of rotatable bonds is 5. The Bertz CT molecular complexity index is 318. The van der Waals surface area contributed by atoms with Crippen molar-refractivity contribution in [3.8, 4) is 0 Å². The minimum atomic E-state index is -0.386. The molecule has 2 aliphatic rings. The summed E-state index contributed by atoms with van der Waals surface area (Å²) in [5.74, 6) is -0.0490. The van der Waals surface area contributed by atoms with E-state index in [1.807, 2.05) is 20.8 Å². The zero-order chi connectivity index (χ0) is 14.6. The van der Waals surface area contributed by atoms with E-state index in [2.05, 4.69) is 4.90 Å². The summed E-state index contributed by atoms with van der Waals surface area (Å²) < 4.78 is 11.2. The highest BCUT2D eigenvalue weighted by Crippen LogP contribution is 2.23. The molecule has 2 rings (SSSR count). The summed E-state index contributed by atoms with van der Waals surface area (Å²) in [5.41, 5.74) is -0.386. The molecular weight excluding hydrogens is 254 g/mol. The fourth-order valence-electron chi connectivity index (χ4n) is 3.12. The van der Waals surface area contributed by atoms with Crippen LogP contribution in [0.5, 0.6) is 0 Å². The lowest BCUT2D eigenvalue weighted by molar-refractivity contribution is -0.160. The Hall–Kier alpha value is -0.610. The molecule has 0 aliphatic carbocycles. The maximum Gasteiger partial charge on any atom is 0.323 e. The summed E-state index contributed by atoms with van der Waals surface area (Å²) in [6.45, 7) is 8.74. The normalized spacial score (nSPS) is 27.9. The van der Waals surface area contributed by atoms with Gasteiger partial charge in [-0.15, -0.1) is 0 Å². The maximum absolute atomic E-state index is 12.2. The average molecular weight is 283 g/mol. The number of hydrogen-bond donors (Lipinski definition) is 0. The molecule has 20 heavy (non-hydrogen) atoms. The van der Waals surface area contributed by atoms with Crippen molar-refractivity contribution in [2.45, 2.75) is 77.0 Å². The Morgan fingerprint density at radius 3 is 2.75 bits per heavy atom. The Balaban J connectivity index is 1.73. The van der Waals surface area contributed by atoms with Crippen LogP contribution in [0.1, 0.15) is 59.3 Å². The van der Waals surface area contributed by atoms with E-state index >= 15 is 0 Å². The molecule has 4 heteroatoms. The van der Waals surface area contributed by atoms with Gasteiger partial charge in [0.15, 0.2) is 0 Å². The molecule has 2 atom stereocenters. The molecular formula is C16H29NO3. The van der Waals surface area contributed by atoms with Crippen molar-refractivity contribution in [2.75, 3.05) is 19.7 Å². The zero-order valence-corrected chi connectivity index (χ0v) is 13.2. The van der Waals surface area contributed by atoms with Crippen molar-refractivity contribution in [2.24, 2.45) is 0 Å². The lowest BCUT2D eigenvalue weighted by Gasteiger charge is -2.27. The molecule has 0 radical (unpaired) electrons. The third-order valence-electron chi connectivity index (χ3n) is 4.04. The Morgan fingerprint density at radius 1 is 1.30 bits per heavy atom. The largest absolute Gasteiger partial charge is 0.459 e. The fourth-order valence-corrected chi connectivity index (χ4v) is 3.12. The molecule has 1 unspecified atom stereocenters. The van der Waals surface area contributed by atoms with Crippen molar-refractivity contribution in [3.63, 3.8) is 0 Å². The molecule has 0 aromatic heterocycles. The van der Waals surface area contributed by atoms with Gasteiger partial charge in [-0.05, 0) is 72.4 Å². The van der Waals surface area contributed by atoms with Crippen molar-refractivity contribution < 1.29 is 14.3 Å². The van der Waals surface area contributed by atoms with E-state index in [0.717, 1.165) is 45.4 Å². The van der Waals surface area contributed by atoms with Crippen LogP contribution < -0.4 is 0 Å². The number of likely N-dealkylation sites (tertiary alicyclic amines) is 1. The molecule has 4 nitrogen and oxygen atoms in total. The summed E-state index contributed by atoms with van der Waals surface area (Å²) in [4.78, 5) is 14.5. The van der Waals surface area contributed by atoms with Crippen LogP contribution in [0.4, 0.5) is 0 Å². The van der Waals surface area contributed by atoms with E-state index in [9.17, 15) is 4.79 Å². The van der Waals surface area contributed by atoms with Gasteiger partial charge in [-0.25, -0.2) is 0 Å². The molecule has 0 bridgehead atoms. The summed E-state index contributed by atoms with van der Waals surface area (Å²) in [6.07, 6.45) is 7.14. The lowest BCUT2D eigenvalue weighted by Crippen LogP contribution is -2.41. The van der Waals surface area contributed by atoms with Crippen LogP contribution in [-0.2, 0) is 14.3 Å². The van der Waals surface area contributed by atoms with Gasteiger partial charge in [-0.2, -0.15) is 0 Å². The summed E-state index contributed by atoms with van der Waals surface area (Å²) in [7, 11) is 0. The molecule has 0 N–H and O–H groups in total. The molecule has 2 fully saturated rings. The zero-order valence-electron chi connectivity index (χ0n) is 13.2. The van der Waals surface area contributed by atoms with Crippen molar-refractivity contribution >= 4 is 5.97 Å². The van der Waals surface area contributed by atoms with Gasteiger partial charge < -0.3 is 9.47 Å². The second-order valence-corrected chi connectivity index (χ2v) is 7.00. The van der Waals surface area contributed by atoms with Crippen LogP contribution >= 0.6 is 0 Å². The Labute approximate surface area is 122 Å². The third-order valence-corrected chi connectivity index (χ3v) is 4.04. The number of carbonyl (C=O) groups excluding carboxylic acids is 1. The minimum Gasteiger partial charge on any atom is -0.459 e. The number of ether oxygens (including phenoxy) is 2. The first-order valence-electron chi connectivity index (χ1n) is 8.04. The van der Waals surface area contributed by atoms with Gasteiger partial charge in [-0.3, -0.25) is 9.69 Å². The second kappa shape index (κ2) is 6.90. The van der Waals surface area contributed by atoms with Crippen LogP contribution in [0, 0.1) is 0 Å². The minimum absolute atomic E-state index is 0.0290. The van der Waals surface area contributed by atoms with Gasteiger partial charge in [0, 0.05) is 6.61 Å². The van der Waals surface area contributed by atoms with Crippen LogP contribution in [0.15, 0.2) is 0 Å². The fraction of sp³-hybridized carbons (Fsp3) is 0.938. The van der Waals surface area contributed by atoms with E-state index < -0.39 is 0 Å². The van der Waals surface area contributed by atoms with Crippen molar-refractivity contribution in [1.82, 2.24) is 4.90 Å². The molecule has 0 saturated carbocycles. The van der Waals surface area contributed by atoms with Crippen LogP contribution in [0.2, 0.25) is 0 Å². The summed E-state index contributed by atoms with van der Waals surface area (Å²) in [5, 5.41) is 0. The molecule has 0 amide bonds. The number of carbonyl (C=O) groups is 1. The number of nitrogens with zero attached hydrogens (tertiary/aromatic N) is 1. The standard InChI is InChI=1S/C16H29NO3/c1-16(2,3)20-15(18)14-9-5-11-17(14)10-4-7-13-8-6-12-19-13/h13-14H,4-12H2,1-3H3/t13?,14-/m0/s1. The van der Waals surface area contributed by atoms with E-state index in [-0.39, 0.29) is 17.6 Å². The highest BCUT2D eigenvalue weighted by atomic mass is 16.6. The van der Waals surface area contributed by atoms with Gasteiger partial charge in [-0.1, -0.05) is 0 Å². The van der Waals surface area contributed by atoms with Crippen LogP contribution in [0.3, 0.4) is 0 Å². The monoisotopic (exact) mass is 283 g/mol. The van der Waals surface area contributed by atoms with Gasteiger partial charge in [0.2, 0.25) is 0 Å². The molecule has 2 saturated heterocycles. The summed E-state index contributed by atoms with van der Waals surface area (Å²) in [6, 6.07) is -0.0290. The first-order chi connectivity index (χ1) is 9.46. The quantitative estimate of drug-likeness (QED) is 0.727. The van der Waals surface area contributed by atoms with E-state index in [4.69, 9.17) is 9.47 Å². The molecule has 0 spiro atoms. The predicted molar refractivity (Wildman–Crippen MR) is 78.6 cm³/mol. The van der Waals surface area contributed by atoms with Gasteiger partial charge in [0.25, 0.3) is 0 Å². The van der Waals surface area contributed by atoms with Gasteiger partial charge in [0.05, 0.1) is 6.10 Å². The van der Waals surface area contributed by atoms with Crippen LogP contribution in [0.25, 0.3) is 0 Å². The Kier molecular flexibility index (Phi) is 5.44. The topological polar surface area (TPSA) is 38.8 Å². The molecule has 2 aliphatic heterocycles. The molecule has 116 valence electrons. The highest BCUT2D eigenvalue weighted by Gasteiger charge is 2.33. The molecule has 0 aromatic carbocycles. The predicted octanol–water partition coefficient (Wildman–Crippen LogP) is 2.75. The summed E-state index contributed by atoms with van der Waals surface area (Å²) >= 11 is 0. The SMILES string of the molecule is CC(C)(C)OC(=O)[C@@H]1CCCN1CCCC1CCCO1. The molecule has 2 heterocycles. The average Bonchev–Trinajstić information content (AvgIpc) is 2.97. The lowest BCUT2D eigenvalue weighted by atomic mass is 10.1. The maximum atomic E-state index is 12.2. The van der Waals surface area contributed by atoms with E-state index in [1.54, 1.807) is 0 Å². The van der Waals surface area contributed by atoms with Gasteiger partial charge >= 0.3 is 5.97 Å². The van der Waals surface area contributed by atoms with E-state index in [1.165, 1.54) is 12.8 Å². The van der Waals surface area contributed by atoms with Crippen LogP contribution in [-0.4, -0.2) is 48.3 Å². The van der Waals surface area contributed by atoms with Gasteiger partial charge in [0.1, 0.15) is 11.6 Å². The third kappa shape index (κ3) is 4.74. The number of esters is 1. The van der Waals surface area contributed by atoms with Crippen molar-refractivity contribution in [1.29, 1.82) is 0 Å². The smallest absolute Gasteiger partial charge is 0.323 e. The molecule has 0 aromatic rings.